The SMILES string of the molecule is CC(C)(C)OC(=O)Nc1cc(C2(CN)CCCC2)ccc1F. The summed E-state index contributed by atoms with van der Waals surface area (Å²) >= 11 is 0. The lowest BCUT2D eigenvalue weighted by Gasteiger charge is -2.28. The Kier molecular flexibility index (Phi) is 4.75. The fraction of sp³-hybridized carbons (Fsp3) is 0.588. The molecule has 0 unspecified atom stereocenters. The number of hydrogen-bond donors (Lipinski definition) is 2. The second-order valence-corrected chi connectivity index (χ2v) is 7.01. The Bertz CT molecular complexity index is 546. The number of ether oxygens (including phenoxy) is 1. The van der Waals surface area contributed by atoms with E-state index in [9.17, 15) is 9.18 Å². The molecule has 1 aliphatic rings. The van der Waals surface area contributed by atoms with E-state index < -0.39 is 17.5 Å². The zero-order valence-electron chi connectivity index (χ0n) is 13.5. The van der Waals surface area contributed by atoms with E-state index in [1.165, 1.54) is 6.07 Å². The predicted octanol–water partition coefficient (Wildman–Crippen LogP) is 3.94. The number of hydrogen-bond acceptors (Lipinski definition) is 3. The van der Waals surface area contributed by atoms with Gasteiger partial charge in [0, 0.05) is 12.0 Å². The quantitative estimate of drug-likeness (QED) is 0.889. The molecule has 5 heteroatoms. The first-order valence-corrected chi connectivity index (χ1v) is 7.76. The number of amides is 1. The minimum atomic E-state index is -0.656. The first-order chi connectivity index (χ1) is 10.3. The molecule has 0 aliphatic heterocycles. The fourth-order valence-corrected chi connectivity index (χ4v) is 3.03. The lowest BCUT2D eigenvalue weighted by molar-refractivity contribution is 0.0635. The molecule has 1 aliphatic carbocycles. The van der Waals surface area contributed by atoms with Crippen molar-refractivity contribution in [3.8, 4) is 0 Å². The second-order valence-electron chi connectivity index (χ2n) is 7.01. The monoisotopic (exact) mass is 308 g/mol. The molecule has 22 heavy (non-hydrogen) atoms. The van der Waals surface area contributed by atoms with Crippen LogP contribution in [0.25, 0.3) is 0 Å². The zero-order chi connectivity index (χ0) is 16.4. The van der Waals surface area contributed by atoms with Crippen molar-refractivity contribution in [2.45, 2.75) is 57.5 Å². The van der Waals surface area contributed by atoms with Gasteiger partial charge in [-0.3, -0.25) is 5.32 Å². The number of nitrogens with one attached hydrogen (secondary N) is 1. The van der Waals surface area contributed by atoms with Gasteiger partial charge >= 0.3 is 6.09 Å². The molecule has 4 nitrogen and oxygen atoms in total. The molecule has 1 saturated carbocycles. The van der Waals surface area contributed by atoms with Crippen molar-refractivity contribution in [1.82, 2.24) is 0 Å². The standard InChI is InChI=1S/C17H25FN2O2/c1-16(2,3)22-15(21)20-14-10-12(6-7-13(14)18)17(11-19)8-4-5-9-17/h6-7,10H,4-5,8-9,11,19H2,1-3H3,(H,20,21). The van der Waals surface area contributed by atoms with Crippen LogP contribution in [0.1, 0.15) is 52.0 Å². The van der Waals surface area contributed by atoms with Crippen LogP contribution in [-0.2, 0) is 10.2 Å². The van der Waals surface area contributed by atoms with Crippen LogP contribution < -0.4 is 11.1 Å². The van der Waals surface area contributed by atoms with Crippen LogP contribution in [0.5, 0.6) is 0 Å². The molecule has 0 heterocycles. The first kappa shape index (κ1) is 16.7. The Balaban J connectivity index is 2.22. The van der Waals surface area contributed by atoms with Crippen LogP contribution in [0.2, 0.25) is 0 Å². The van der Waals surface area contributed by atoms with Crippen LogP contribution in [0.15, 0.2) is 18.2 Å². The van der Waals surface area contributed by atoms with Gasteiger partial charge in [-0.15, -0.1) is 0 Å². The molecule has 0 atom stereocenters. The van der Waals surface area contributed by atoms with Crippen LogP contribution in [0.4, 0.5) is 14.9 Å². The summed E-state index contributed by atoms with van der Waals surface area (Å²) in [6.45, 7) is 5.83. The van der Waals surface area contributed by atoms with Gasteiger partial charge in [0.25, 0.3) is 0 Å². The lowest BCUT2D eigenvalue weighted by Crippen LogP contribution is -2.32. The number of benzene rings is 1. The van der Waals surface area contributed by atoms with Crippen molar-refractivity contribution >= 4 is 11.8 Å². The van der Waals surface area contributed by atoms with E-state index in [0.29, 0.717) is 6.54 Å². The van der Waals surface area contributed by atoms with Crippen LogP contribution in [0.3, 0.4) is 0 Å². The summed E-state index contributed by atoms with van der Waals surface area (Å²) < 4.78 is 19.1. The van der Waals surface area contributed by atoms with E-state index in [0.717, 1.165) is 31.2 Å². The Morgan fingerprint density at radius 3 is 2.55 bits per heavy atom. The number of anilines is 1. The summed E-state index contributed by atoms with van der Waals surface area (Å²) in [4.78, 5) is 11.8. The molecule has 1 aromatic carbocycles. The van der Waals surface area contributed by atoms with Gasteiger partial charge in [0.1, 0.15) is 11.4 Å². The van der Waals surface area contributed by atoms with Gasteiger partial charge in [-0.1, -0.05) is 18.9 Å². The van der Waals surface area contributed by atoms with Gasteiger partial charge in [-0.2, -0.15) is 0 Å². The van der Waals surface area contributed by atoms with Gasteiger partial charge in [0.15, 0.2) is 0 Å². The third-order valence-corrected chi connectivity index (χ3v) is 4.17. The van der Waals surface area contributed by atoms with Crippen molar-refractivity contribution in [3.63, 3.8) is 0 Å². The number of rotatable bonds is 3. The van der Waals surface area contributed by atoms with Crippen molar-refractivity contribution in [2.75, 3.05) is 11.9 Å². The van der Waals surface area contributed by atoms with Crippen molar-refractivity contribution in [3.05, 3.63) is 29.6 Å². The largest absolute Gasteiger partial charge is 0.444 e. The van der Waals surface area contributed by atoms with Gasteiger partial charge in [-0.05, 0) is 51.3 Å². The molecule has 2 rings (SSSR count). The highest BCUT2D eigenvalue weighted by Gasteiger charge is 2.34. The number of carbonyl (C=O) groups excluding carboxylic acids is 1. The van der Waals surface area contributed by atoms with E-state index >= 15 is 0 Å². The molecular formula is C17H25FN2O2. The molecule has 0 radical (unpaired) electrons. The smallest absolute Gasteiger partial charge is 0.412 e. The van der Waals surface area contributed by atoms with E-state index in [1.807, 2.05) is 0 Å². The first-order valence-electron chi connectivity index (χ1n) is 7.76. The van der Waals surface area contributed by atoms with Crippen LogP contribution in [0, 0.1) is 5.82 Å². The number of halogens is 1. The average molecular weight is 308 g/mol. The fourth-order valence-electron chi connectivity index (χ4n) is 3.03. The molecule has 1 amide bonds. The van der Waals surface area contributed by atoms with Crippen molar-refractivity contribution < 1.29 is 13.9 Å². The maximum Gasteiger partial charge on any atom is 0.412 e. The van der Waals surface area contributed by atoms with Gasteiger partial charge < -0.3 is 10.5 Å². The Labute approximate surface area is 131 Å². The summed E-state index contributed by atoms with van der Waals surface area (Å²) in [6.07, 6.45) is 3.60. The number of nitrogens with two attached hydrogens (primary N) is 1. The van der Waals surface area contributed by atoms with Crippen molar-refractivity contribution in [1.29, 1.82) is 0 Å². The molecule has 3 N–H and O–H groups in total. The highest BCUT2D eigenvalue weighted by Crippen LogP contribution is 2.41. The zero-order valence-corrected chi connectivity index (χ0v) is 13.5. The van der Waals surface area contributed by atoms with Gasteiger partial charge in [0.05, 0.1) is 5.69 Å². The maximum atomic E-state index is 14.0. The molecule has 0 bridgehead atoms. The summed E-state index contributed by atoms with van der Waals surface area (Å²) in [5.74, 6) is -0.472. The third kappa shape index (κ3) is 3.77. The maximum absolute atomic E-state index is 14.0. The third-order valence-electron chi connectivity index (χ3n) is 4.17. The van der Waals surface area contributed by atoms with E-state index in [4.69, 9.17) is 10.5 Å². The molecule has 1 fully saturated rings. The van der Waals surface area contributed by atoms with E-state index in [2.05, 4.69) is 5.32 Å². The topological polar surface area (TPSA) is 64.3 Å². The minimum absolute atomic E-state index is 0.0991. The highest BCUT2D eigenvalue weighted by atomic mass is 19.1. The van der Waals surface area contributed by atoms with E-state index in [-0.39, 0.29) is 11.1 Å². The van der Waals surface area contributed by atoms with Gasteiger partial charge in [-0.25, -0.2) is 9.18 Å². The molecule has 122 valence electrons. The number of carbonyl (C=O) groups is 1. The second kappa shape index (κ2) is 6.24. The Morgan fingerprint density at radius 2 is 2.00 bits per heavy atom. The molecule has 0 saturated heterocycles. The summed E-state index contributed by atoms with van der Waals surface area (Å²) in [5.41, 5.74) is 6.38. The average Bonchev–Trinajstić information content (AvgIpc) is 2.89. The summed E-state index contributed by atoms with van der Waals surface area (Å²) in [6, 6.07) is 4.85. The minimum Gasteiger partial charge on any atom is -0.444 e. The molecule has 0 spiro atoms. The molecular weight excluding hydrogens is 283 g/mol. The molecule has 1 aromatic rings. The normalized spacial score (nSPS) is 17.3. The Morgan fingerprint density at radius 1 is 1.36 bits per heavy atom. The highest BCUT2D eigenvalue weighted by molar-refractivity contribution is 5.85. The molecule has 0 aromatic heterocycles. The van der Waals surface area contributed by atoms with E-state index in [1.54, 1.807) is 32.9 Å². The lowest BCUT2D eigenvalue weighted by atomic mass is 9.79. The Hall–Kier alpha value is -1.62. The summed E-state index contributed by atoms with van der Waals surface area (Å²) in [7, 11) is 0. The van der Waals surface area contributed by atoms with Gasteiger partial charge in [0.2, 0.25) is 0 Å². The van der Waals surface area contributed by atoms with Crippen LogP contribution >= 0.6 is 0 Å². The van der Waals surface area contributed by atoms with Crippen molar-refractivity contribution in [2.24, 2.45) is 5.73 Å². The van der Waals surface area contributed by atoms with Crippen LogP contribution in [-0.4, -0.2) is 18.2 Å². The predicted molar refractivity (Wildman–Crippen MR) is 85.5 cm³/mol. The summed E-state index contributed by atoms with van der Waals surface area (Å²) in [5, 5.41) is 2.49.